The summed E-state index contributed by atoms with van der Waals surface area (Å²) in [5.74, 6) is 0. The van der Waals surface area contributed by atoms with E-state index in [0.29, 0.717) is 13.2 Å². The van der Waals surface area contributed by atoms with Crippen molar-refractivity contribution in [3.8, 4) is 6.07 Å². The summed E-state index contributed by atoms with van der Waals surface area (Å²) in [7, 11) is 0. The van der Waals surface area contributed by atoms with E-state index in [0.717, 1.165) is 32.2 Å². The van der Waals surface area contributed by atoms with Crippen molar-refractivity contribution in [2.75, 3.05) is 19.8 Å². The Balaban J connectivity index is 2.32. The average Bonchev–Trinajstić information content (AvgIpc) is 2.35. The van der Waals surface area contributed by atoms with Crippen molar-refractivity contribution in [3.05, 3.63) is 0 Å². The summed E-state index contributed by atoms with van der Waals surface area (Å²) in [4.78, 5) is 0. The minimum Gasteiger partial charge on any atom is -0.376 e. The Morgan fingerprint density at radius 1 is 1.44 bits per heavy atom. The summed E-state index contributed by atoms with van der Waals surface area (Å²) < 4.78 is 11.3. The van der Waals surface area contributed by atoms with Gasteiger partial charge in [-0.2, -0.15) is 5.26 Å². The van der Waals surface area contributed by atoms with E-state index >= 15 is 0 Å². The number of hydrogen-bond donors (Lipinski definition) is 1. The Hall–Kier alpha value is -0.630. The van der Waals surface area contributed by atoms with Crippen LogP contribution < -0.4 is 5.32 Å². The minimum atomic E-state index is -0.378. The van der Waals surface area contributed by atoms with Gasteiger partial charge in [-0.15, -0.1) is 0 Å². The van der Waals surface area contributed by atoms with E-state index in [1.54, 1.807) is 0 Å². The van der Waals surface area contributed by atoms with E-state index in [9.17, 15) is 5.26 Å². The minimum absolute atomic E-state index is 0.188. The molecule has 1 rings (SSSR count). The molecule has 0 saturated heterocycles. The van der Waals surface area contributed by atoms with E-state index in [2.05, 4.69) is 11.4 Å². The van der Waals surface area contributed by atoms with Gasteiger partial charge >= 0.3 is 0 Å². The fourth-order valence-electron chi connectivity index (χ4n) is 2.51. The molecule has 1 saturated carbocycles. The second kappa shape index (κ2) is 7.73. The molecule has 4 nitrogen and oxygen atoms in total. The molecule has 104 valence electrons. The van der Waals surface area contributed by atoms with Gasteiger partial charge in [-0.3, -0.25) is 5.32 Å². The summed E-state index contributed by atoms with van der Waals surface area (Å²) in [5.41, 5.74) is -0.378. The first-order valence-corrected chi connectivity index (χ1v) is 7.01. The van der Waals surface area contributed by atoms with Gasteiger partial charge in [-0.1, -0.05) is 6.92 Å². The number of nitriles is 1. The van der Waals surface area contributed by atoms with Crippen LogP contribution in [-0.2, 0) is 9.47 Å². The lowest BCUT2D eigenvalue weighted by atomic mass is 9.81. The van der Waals surface area contributed by atoms with Crippen molar-refractivity contribution in [2.24, 2.45) is 0 Å². The average molecular weight is 254 g/mol. The monoisotopic (exact) mass is 254 g/mol. The molecular weight excluding hydrogens is 228 g/mol. The Morgan fingerprint density at radius 3 is 2.83 bits per heavy atom. The molecule has 1 aliphatic rings. The summed E-state index contributed by atoms with van der Waals surface area (Å²) in [6.45, 7) is 8.17. The molecule has 2 unspecified atom stereocenters. The van der Waals surface area contributed by atoms with Gasteiger partial charge in [0, 0.05) is 6.42 Å². The molecule has 0 aromatic carbocycles. The number of nitrogens with one attached hydrogen (secondary N) is 1. The first kappa shape index (κ1) is 15.4. The van der Waals surface area contributed by atoms with E-state index in [1.165, 1.54) is 0 Å². The SMILES string of the molecule is CCNC1(C#N)CCCC(OCCOC(C)C)C1. The van der Waals surface area contributed by atoms with Gasteiger partial charge in [0.15, 0.2) is 0 Å². The van der Waals surface area contributed by atoms with Crippen LogP contribution in [0.4, 0.5) is 0 Å². The van der Waals surface area contributed by atoms with Crippen LogP contribution in [0.25, 0.3) is 0 Å². The fourth-order valence-corrected chi connectivity index (χ4v) is 2.51. The zero-order valence-electron chi connectivity index (χ0n) is 11.9. The Labute approximate surface area is 111 Å². The predicted octanol–water partition coefficient (Wildman–Crippen LogP) is 2.24. The summed E-state index contributed by atoms with van der Waals surface area (Å²) in [6, 6.07) is 2.43. The third-order valence-electron chi connectivity index (χ3n) is 3.32. The van der Waals surface area contributed by atoms with Crippen LogP contribution >= 0.6 is 0 Å². The van der Waals surface area contributed by atoms with Crippen LogP contribution in [-0.4, -0.2) is 37.5 Å². The summed E-state index contributed by atoms with van der Waals surface area (Å²) >= 11 is 0. The maximum absolute atomic E-state index is 9.34. The largest absolute Gasteiger partial charge is 0.376 e. The van der Waals surface area contributed by atoms with Crippen LogP contribution in [0.1, 0.15) is 46.5 Å². The Bertz CT molecular complexity index is 271. The molecule has 0 aliphatic heterocycles. The molecule has 0 amide bonds. The molecule has 2 atom stereocenters. The highest BCUT2D eigenvalue weighted by Gasteiger charge is 2.36. The van der Waals surface area contributed by atoms with Gasteiger partial charge < -0.3 is 9.47 Å². The molecular formula is C14H26N2O2. The standard InChI is InChI=1S/C14H26N2O2/c1-4-16-14(11-15)7-5-6-13(10-14)18-9-8-17-12(2)3/h12-13,16H,4-10H2,1-3H3. The summed E-state index contributed by atoms with van der Waals surface area (Å²) in [5, 5.41) is 12.7. The lowest BCUT2D eigenvalue weighted by Crippen LogP contribution is -2.49. The third-order valence-corrected chi connectivity index (χ3v) is 3.32. The molecule has 1 fully saturated rings. The highest BCUT2D eigenvalue weighted by atomic mass is 16.5. The first-order chi connectivity index (χ1) is 8.62. The maximum atomic E-state index is 9.34. The molecule has 0 aromatic heterocycles. The van der Waals surface area contributed by atoms with Gasteiger partial charge in [0.2, 0.25) is 0 Å². The topological polar surface area (TPSA) is 54.3 Å². The smallest absolute Gasteiger partial charge is 0.109 e. The molecule has 0 aromatic rings. The van der Waals surface area contributed by atoms with Crippen LogP contribution in [0.15, 0.2) is 0 Å². The molecule has 4 heteroatoms. The van der Waals surface area contributed by atoms with Gasteiger partial charge in [0.25, 0.3) is 0 Å². The van der Waals surface area contributed by atoms with E-state index in [4.69, 9.17) is 9.47 Å². The van der Waals surface area contributed by atoms with Crippen molar-refractivity contribution in [2.45, 2.75) is 64.2 Å². The molecule has 0 bridgehead atoms. The normalized spacial score (nSPS) is 28.3. The van der Waals surface area contributed by atoms with Crippen molar-refractivity contribution in [3.63, 3.8) is 0 Å². The second-order valence-corrected chi connectivity index (χ2v) is 5.23. The van der Waals surface area contributed by atoms with Gasteiger partial charge in [-0.25, -0.2) is 0 Å². The molecule has 0 heterocycles. The van der Waals surface area contributed by atoms with E-state index in [1.807, 2.05) is 20.8 Å². The Morgan fingerprint density at radius 2 is 2.22 bits per heavy atom. The summed E-state index contributed by atoms with van der Waals surface area (Å²) in [6.07, 6.45) is 4.26. The fraction of sp³-hybridized carbons (Fsp3) is 0.929. The molecule has 18 heavy (non-hydrogen) atoms. The van der Waals surface area contributed by atoms with Crippen LogP contribution in [0.5, 0.6) is 0 Å². The number of nitrogens with zero attached hydrogens (tertiary/aromatic N) is 1. The van der Waals surface area contributed by atoms with Gasteiger partial charge in [0.05, 0.1) is 31.5 Å². The predicted molar refractivity (Wildman–Crippen MR) is 71.3 cm³/mol. The maximum Gasteiger partial charge on any atom is 0.109 e. The highest BCUT2D eigenvalue weighted by molar-refractivity contribution is 5.10. The third kappa shape index (κ3) is 4.93. The highest BCUT2D eigenvalue weighted by Crippen LogP contribution is 2.29. The quantitative estimate of drug-likeness (QED) is 0.708. The van der Waals surface area contributed by atoms with Crippen molar-refractivity contribution >= 4 is 0 Å². The number of ether oxygens (including phenoxy) is 2. The Kier molecular flexibility index (Phi) is 6.62. The van der Waals surface area contributed by atoms with E-state index in [-0.39, 0.29) is 17.7 Å². The number of hydrogen-bond acceptors (Lipinski definition) is 4. The van der Waals surface area contributed by atoms with Crippen molar-refractivity contribution in [1.29, 1.82) is 5.26 Å². The second-order valence-electron chi connectivity index (χ2n) is 5.23. The van der Waals surface area contributed by atoms with Gasteiger partial charge in [0.1, 0.15) is 5.54 Å². The molecule has 1 N–H and O–H groups in total. The number of rotatable bonds is 7. The van der Waals surface area contributed by atoms with Crippen LogP contribution in [0, 0.1) is 11.3 Å². The lowest BCUT2D eigenvalue weighted by Gasteiger charge is -2.36. The molecule has 0 spiro atoms. The zero-order valence-corrected chi connectivity index (χ0v) is 11.9. The molecule has 1 aliphatic carbocycles. The van der Waals surface area contributed by atoms with Crippen LogP contribution in [0.3, 0.4) is 0 Å². The zero-order chi connectivity index (χ0) is 13.4. The molecule has 0 radical (unpaired) electrons. The van der Waals surface area contributed by atoms with Crippen molar-refractivity contribution in [1.82, 2.24) is 5.32 Å². The first-order valence-electron chi connectivity index (χ1n) is 7.01. The van der Waals surface area contributed by atoms with Gasteiger partial charge in [-0.05, 0) is 39.7 Å². The lowest BCUT2D eigenvalue weighted by molar-refractivity contribution is -0.0334. The van der Waals surface area contributed by atoms with Crippen LogP contribution in [0.2, 0.25) is 0 Å². The van der Waals surface area contributed by atoms with E-state index < -0.39 is 0 Å². The van der Waals surface area contributed by atoms with Crippen molar-refractivity contribution < 1.29 is 9.47 Å².